The van der Waals surface area contributed by atoms with E-state index in [-0.39, 0.29) is 17.4 Å². The minimum Gasteiger partial charge on any atom is -0.491 e. The molecule has 0 radical (unpaired) electrons. The summed E-state index contributed by atoms with van der Waals surface area (Å²) in [5.41, 5.74) is 13.9. The quantitative estimate of drug-likeness (QED) is 0.416. The smallest absolute Gasteiger partial charge is 0.276 e. The number of aryl methyl sites for hydroxylation is 3. The molecule has 11 heteroatoms. The fraction of sp³-hybridized carbons (Fsp3) is 0.455. The molecule has 4 rings (SSSR count). The number of primary amides is 1. The van der Waals surface area contributed by atoms with Crippen molar-refractivity contribution in [3.05, 3.63) is 35.2 Å². The van der Waals surface area contributed by atoms with Crippen molar-refractivity contribution in [1.29, 1.82) is 0 Å². The highest BCUT2D eigenvalue weighted by molar-refractivity contribution is 6.04. The summed E-state index contributed by atoms with van der Waals surface area (Å²) in [5, 5.41) is 7.23. The lowest BCUT2D eigenvalue weighted by Crippen LogP contribution is -2.32. The van der Waals surface area contributed by atoms with Crippen LogP contribution in [0.4, 0.5) is 5.95 Å². The molecule has 0 unspecified atom stereocenters. The zero-order chi connectivity index (χ0) is 23.5. The van der Waals surface area contributed by atoms with Gasteiger partial charge in [-0.05, 0) is 45.0 Å². The average Bonchev–Trinajstić information content (AvgIpc) is 3.30. The minimum atomic E-state index is -0.585. The monoisotopic (exact) mass is 455 g/mol. The lowest BCUT2D eigenvalue weighted by molar-refractivity contribution is -0.0506. The minimum absolute atomic E-state index is 0.281. The van der Waals surface area contributed by atoms with E-state index in [4.69, 9.17) is 20.9 Å². The Hall–Kier alpha value is -3.44. The van der Waals surface area contributed by atoms with Gasteiger partial charge in [0.15, 0.2) is 0 Å². The molecule has 0 atom stereocenters. The molecule has 3 aromatic rings. The lowest BCUT2D eigenvalue weighted by Gasteiger charge is -2.26. The van der Waals surface area contributed by atoms with Crippen LogP contribution in [0.25, 0.3) is 11.0 Å². The second kappa shape index (κ2) is 9.59. The molecule has 2 aromatic heterocycles. The van der Waals surface area contributed by atoms with E-state index in [9.17, 15) is 9.59 Å². The zero-order valence-corrected chi connectivity index (χ0v) is 18.8. The summed E-state index contributed by atoms with van der Waals surface area (Å²) in [6, 6.07) is 4.95. The maximum Gasteiger partial charge on any atom is 0.276 e. The standard InChI is InChI=1S/C22H29N7O4/c1-3-29-17(7-13(2)27-29)21(31)26-22-25-16-8-15(20(24)30)9-18(33-12-14-10-32-11-14)19(16)28(22)6-4-5-23/h7-9,14H,3-6,10-12,23H2,1-2H3,(H2,24,30)(H,25,26,31). The Morgan fingerprint density at radius 2 is 2.09 bits per heavy atom. The molecular formula is C22H29N7O4. The summed E-state index contributed by atoms with van der Waals surface area (Å²) in [7, 11) is 0. The number of nitrogens with zero attached hydrogens (tertiary/aromatic N) is 4. The van der Waals surface area contributed by atoms with Gasteiger partial charge in [-0.15, -0.1) is 0 Å². The first kappa shape index (κ1) is 22.7. The number of hydrogen-bond donors (Lipinski definition) is 3. The number of carbonyl (C=O) groups excluding carboxylic acids is 2. The molecule has 33 heavy (non-hydrogen) atoms. The lowest BCUT2D eigenvalue weighted by atomic mass is 10.1. The highest BCUT2D eigenvalue weighted by atomic mass is 16.5. The molecular weight excluding hydrogens is 426 g/mol. The van der Waals surface area contributed by atoms with Gasteiger partial charge in [0.05, 0.1) is 31.0 Å². The molecule has 1 aromatic carbocycles. The number of fused-ring (bicyclic) bond motifs is 1. The number of imidazole rings is 1. The Morgan fingerprint density at radius 3 is 2.73 bits per heavy atom. The van der Waals surface area contributed by atoms with Crippen LogP contribution in [0.1, 0.15) is 39.9 Å². The van der Waals surface area contributed by atoms with Crippen LogP contribution in [0.5, 0.6) is 5.75 Å². The molecule has 11 nitrogen and oxygen atoms in total. The Bertz CT molecular complexity index is 1180. The van der Waals surface area contributed by atoms with Gasteiger partial charge in [-0.2, -0.15) is 5.10 Å². The summed E-state index contributed by atoms with van der Waals surface area (Å²) in [5.74, 6) is 0.189. The number of nitrogens with one attached hydrogen (secondary N) is 1. The second-order valence-electron chi connectivity index (χ2n) is 8.09. The molecule has 0 saturated carbocycles. The van der Waals surface area contributed by atoms with Crippen molar-refractivity contribution in [1.82, 2.24) is 19.3 Å². The summed E-state index contributed by atoms with van der Waals surface area (Å²) in [4.78, 5) is 29.6. The molecule has 176 valence electrons. The third kappa shape index (κ3) is 4.69. The molecule has 2 amide bonds. The van der Waals surface area contributed by atoms with E-state index >= 15 is 0 Å². The number of anilines is 1. The number of aromatic nitrogens is 4. The third-order valence-corrected chi connectivity index (χ3v) is 5.52. The fourth-order valence-corrected chi connectivity index (χ4v) is 3.77. The summed E-state index contributed by atoms with van der Waals surface area (Å²) in [6.07, 6.45) is 0.661. The molecule has 5 N–H and O–H groups in total. The van der Waals surface area contributed by atoms with Gasteiger partial charge in [-0.1, -0.05) is 0 Å². The number of hydrogen-bond acceptors (Lipinski definition) is 7. The zero-order valence-electron chi connectivity index (χ0n) is 18.8. The summed E-state index contributed by atoms with van der Waals surface area (Å²) in [6.45, 7) is 7.00. The van der Waals surface area contributed by atoms with Crippen LogP contribution >= 0.6 is 0 Å². The van der Waals surface area contributed by atoms with Crippen molar-refractivity contribution in [3.8, 4) is 5.75 Å². The maximum absolute atomic E-state index is 13.1. The normalized spacial score (nSPS) is 13.8. The summed E-state index contributed by atoms with van der Waals surface area (Å²) < 4.78 is 14.8. The van der Waals surface area contributed by atoms with Crippen molar-refractivity contribution in [2.45, 2.75) is 33.4 Å². The van der Waals surface area contributed by atoms with Gasteiger partial charge in [0.2, 0.25) is 11.9 Å². The average molecular weight is 456 g/mol. The van der Waals surface area contributed by atoms with Gasteiger partial charge in [0.1, 0.15) is 17.0 Å². The molecule has 0 aliphatic carbocycles. The maximum atomic E-state index is 13.1. The Labute approximate surface area is 191 Å². The van der Waals surface area contributed by atoms with E-state index in [0.717, 1.165) is 5.69 Å². The summed E-state index contributed by atoms with van der Waals surface area (Å²) >= 11 is 0. The van der Waals surface area contributed by atoms with Crippen molar-refractivity contribution in [2.75, 3.05) is 31.7 Å². The van der Waals surface area contributed by atoms with Crippen molar-refractivity contribution < 1.29 is 19.1 Å². The van der Waals surface area contributed by atoms with Crippen LogP contribution in [0, 0.1) is 12.8 Å². The van der Waals surface area contributed by atoms with Crippen molar-refractivity contribution in [3.63, 3.8) is 0 Å². The molecule has 0 spiro atoms. The molecule has 1 aliphatic heterocycles. The van der Waals surface area contributed by atoms with Crippen LogP contribution in [-0.4, -0.2) is 57.5 Å². The van der Waals surface area contributed by atoms with Gasteiger partial charge in [-0.25, -0.2) is 4.98 Å². The van der Waals surface area contributed by atoms with Gasteiger partial charge >= 0.3 is 0 Å². The van der Waals surface area contributed by atoms with Crippen molar-refractivity contribution >= 4 is 28.8 Å². The molecule has 0 bridgehead atoms. The SMILES string of the molecule is CCn1nc(C)cc1C(=O)Nc1nc2cc(C(N)=O)cc(OCC3COC3)c2n1CCCN. The first-order chi connectivity index (χ1) is 15.9. The van der Waals surface area contributed by atoms with E-state index in [1.807, 2.05) is 18.4 Å². The van der Waals surface area contributed by atoms with E-state index in [0.29, 0.717) is 74.3 Å². The van der Waals surface area contributed by atoms with E-state index in [1.54, 1.807) is 22.9 Å². The number of carbonyl (C=O) groups is 2. The number of amides is 2. The van der Waals surface area contributed by atoms with E-state index < -0.39 is 5.91 Å². The Morgan fingerprint density at radius 1 is 1.30 bits per heavy atom. The largest absolute Gasteiger partial charge is 0.491 e. The van der Waals surface area contributed by atoms with E-state index in [2.05, 4.69) is 15.4 Å². The van der Waals surface area contributed by atoms with E-state index in [1.165, 1.54) is 0 Å². The number of ether oxygens (including phenoxy) is 2. The van der Waals surface area contributed by atoms with Crippen LogP contribution in [-0.2, 0) is 17.8 Å². The van der Waals surface area contributed by atoms with Gasteiger partial charge in [0, 0.05) is 24.6 Å². The van der Waals surface area contributed by atoms with Crippen molar-refractivity contribution in [2.24, 2.45) is 17.4 Å². The van der Waals surface area contributed by atoms with Gasteiger partial charge in [-0.3, -0.25) is 19.6 Å². The third-order valence-electron chi connectivity index (χ3n) is 5.52. The van der Waals surface area contributed by atoms with Gasteiger partial charge in [0.25, 0.3) is 5.91 Å². The highest BCUT2D eigenvalue weighted by Gasteiger charge is 2.24. The molecule has 1 fully saturated rings. The number of nitrogens with two attached hydrogens (primary N) is 2. The Kier molecular flexibility index (Phi) is 6.61. The Balaban J connectivity index is 1.75. The predicted molar refractivity (Wildman–Crippen MR) is 122 cm³/mol. The second-order valence-corrected chi connectivity index (χ2v) is 8.09. The fourth-order valence-electron chi connectivity index (χ4n) is 3.77. The number of rotatable bonds is 10. The van der Waals surface area contributed by atoms with Crippen LogP contribution < -0.4 is 21.5 Å². The first-order valence-corrected chi connectivity index (χ1v) is 11.0. The first-order valence-electron chi connectivity index (χ1n) is 11.0. The van der Waals surface area contributed by atoms with Crippen LogP contribution in [0.3, 0.4) is 0 Å². The topological polar surface area (TPSA) is 152 Å². The molecule has 1 saturated heterocycles. The van der Waals surface area contributed by atoms with Gasteiger partial charge < -0.3 is 25.5 Å². The van der Waals surface area contributed by atoms with Crippen LogP contribution in [0.15, 0.2) is 18.2 Å². The molecule has 1 aliphatic rings. The molecule has 3 heterocycles. The number of benzene rings is 1. The highest BCUT2D eigenvalue weighted by Crippen LogP contribution is 2.32. The predicted octanol–water partition coefficient (Wildman–Crippen LogP) is 1.29. The van der Waals surface area contributed by atoms with Crippen LogP contribution in [0.2, 0.25) is 0 Å².